The lowest BCUT2D eigenvalue weighted by Crippen LogP contribution is -2.63. The van der Waals surface area contributed by atoms with Crippen molar-refractivity contribution in [2.24, 2.45) is 0 Å². The maximum atomic E-state index is 12.0. The highest BCUT2D eigenvalue weighted by Crippen LogP contribution is 2.41. The second-order valence-corrected chi connectivity index (χ2v) is 9.14. The number of carbonyl (C=O) groups excluding carboxylic acids is 5. The van der Waals surface area contributed by atoms with E-state index in [4.69, 9.17) is 37.9 Å². The summed E-state index contributed by atoms with van der Waals surface area (Å²) in [4.78, 5) is 58.8. The number of hydrogen-bond acceptors (Lipinski definition) is 13. The molecule has 1 aromatic rings. The molecule has 2 rings (SSSR count). The lowest BCUT2D eigenvalue weighted by atomic mass is 9.98. The minimum Gasteiger partial charge on any atom is -0.493 e. The zero-order chi connectivity index (χ0) is 29.3. The highest BCUT2D eigenvalue weighted by molar-refractivity contribution is 14.1. The third-order valence-electron chi connectivity index (χ3n) is 5.07. The van der Waals surface area contributed by atoms with Crippen LogP contribution in [-0.4, -0.2) is 79.2 Å². The molecule has 1 aromatic carbocycles. The molecular formula is C25H29IO13. The monoisotopic (exact) mass is 664 g/mol. The largest absolute Gasteiger partial charge is 0.493 e. The minimum absolute atomic E-state index is 0.0128. The molecule has 1 aliphatic heterocycles. The first-order chi connectivity index (χ1) is 18.4. The van der Waals surface area contributed by atoms with Gasteiger partial charge in [-0.2, -0.15) is 0 Å². The van der Waals surface area contributed by atoms with Crippen LogP contribution in [0.4, 0.5) is 0 Å². The Kier molecular flexibility index (Phi) is 12.0. The van der Waals surface area contributed by atoms with Crippen molar-refractivity contribution in [3.63, 3.8) is 0 Å². The van der Waals surface area contributed by atoms with E-state index in [0.29, 0.717) is 5.56 Å². The summed E-state index contributed by atoms with van der Waals surface area (Å²) in [5.41, 5.74) is 0.544. The second-order valence-electron chi connectivity index (χ2n) is 8.08. The van der Waals surface area contributed by atoms with Gasteiger partial charge < -0.3 is 37.9 Å². The molecule has 39 heavy (non-hydrogen) atoms. The molecule has 0 spiro atoms. The lowest BCUT2D eigenvalue weighted by molar-refractivity contribution is -0.288. The van der Waals surface area contributed by atoms with Gasteiger partial charge in [-0.1, -0.05) is 6.08 Å². The highest BCUT2D eigenvalue weighted by atomic mass is 127. The number of methoxy groups -OCH3 is 2. The van der Waals surface area contributed by atoms with E-state index >= 15 is 0 Å². The standard InChI is InChI=1S/C25H29IO13/c1-12(27)34-11-19-22(35-13(2)28)23(36-14(3)29)24(37-15(4)30)25(38-19)39-21-17(32-5)9-16(7-8-20(26)31)10-18(21)33-6/h7-10,19,22-25H,11H2,1-6H3/t19-,22-,23+,24-,25+/m1/s1. The Morgan fingerprint density at radius 1 is 0.821 bits per heavy atom. The molecule has 0 N–H and O–H groups in total. The predicted octanol–water partition coefficient (Wildman–Crippen LogP) is 2.14. The van der Waals surface area contributed by atoms with Gasteiger partial charge >= 0.3 is 23.9 Å². The lowest BCUT2D eigenvalue weighted by Gasteiger charge is -2.44. The van der Waals surface area contributed by atoms with Crippen LogP contribution in [0.25, 0.3) is 6.08 Å². The molecule has 13 nitrogen and oxygen atoms in total. The van der Waals surface area contributed by atoms with Gasteiger partial charge in [-0.05, 0) is 23.8 Å². The predicted molar refractivity (Wildman–Crippen MR) is 140 cm³/mol. The van der Waals surface area contributed by atoms with Crippen molar-refractivity contribution in [2.45, 2.75) is 58.4 Å². The first-order valence-electron chi connectivity index (χ1n) is 11.5. The van der Waals surface area contributed by atoms with E-state index in [0.717, 1.165) is 20.8 Å². The fourth-order valence-electron chi connectivity index (χ4n) is 3.67. The Morgan fingerprint density at radius 2 is 1.33 bits per heavy atom. The number of allylic oxidation sites excluding steroid dienone is 1. The van der Waals surface area contributed by atoms with Crippen molar-refractivity contribution in [3.8, 4) is 17.2 Å². The van der Waals surface area contributed by atoms with Gasteiger partial charge in [-0.3, -0.25) is 24.0 Å². The van der Waals surface area contributed by atoms with Gasteiger partial charge in [0, 0.05) is 50.3 Å². The van der Waals surface area contributed by atoms with Gasteiger partial charge in [0.1, 0.15) is 12.7 Å². The van der Waals surface area contributed by atoms with Crippen molar-refractivity contribution >= 4 is 56.3 Å². The van der Waals surface area contributed by atoms with Crippen LogP contribution in [0.3, 0.4) is 0 Å². The Labute approximate surface area is 238 Å². The molecule has 214 valence electrons. The molecule has 1 heterocycles. The van der Waals surface area contributed by atoms with Gasteiger partial charge in [0.25, 0.3) is 0 Å². The first-order valence-corrected chi connectivity index (χ1v) is 12.5. The molecule has 0 aromatic heterocycles. The fraction of sp³-hybridized carbons (Fsp3) is 0.480. The van der Waals surface area contributed by atoms with E-state index in [9.17, 15) is 24.0 Å². The van der Waals surface area contributed by atoms with Crippen LogP contribution in [0.2, 0.25) is 0 Å². The summed E-state index contributed by atoms with van der Waals surface area (Å²) in [5, 5.41) is 0. The van der Waals surface area contributed by atoms with Crippen LogP contribution >= 0.6 is 22.6 Å². The molecule has 0 bridgehead atoms. The summed E-state index contributed by atoms with van der Waals surface area (Å²) in [6, 6.07) is 3.11. The summed E-state index contributed by atoms with van der Waals surface area (Å²) in [7, 11) is 2.73. The molecule has 0 unspecified atom stereocenters. The summed E-state index contributed by atoms with van der Waals surface area (Å²) < 4.78 is 44.0. The van der Waals surface area contributed by atoms with E-state index in [1.54, 1.807) is 34.7 Å². The van der Waals surface area contributed by atoms with E-state index < -0.39 is 61.2 Å². The molecule has 1 fully saturated rings. The SMILES string of the molecule is COc1cc(C=CC(=O)I)cc(OC)c1O[C@@H]1O[C@H](COC(C)=O)[C@@H](OC(C)=O)[C@H](OC(C)=O)[C@H]1OC(C)=O. The molecule has 0 radical (unpaired) electrons. The first kappa shape index (κ1) is 31.8. The summed E-state index contributed by atoms with van der Waals surface area (Å²) in [6.45, 7) is 4.10. The molecule has 0 aliphatic carbocycles. The van der Waals surface area contributed by atoms with E-state index in [2.05, 4.69) is 0 Å². The molecule has 0 amide bonds. The quantitative estimate of drug-likeness (QED) is 0.111. The zero-order valence-corrected chi connectivity index (χ0v) is 24.2. The summed E-state index contributed by atoms with van der Waals surface area (Å²) >= 11 is 1.62. The number of carbonyl (C=O) groups is 5. The normalized spacial score (nSPS) is 22.4. The minimum atomic E-state index is -1.49. The Morgan fingerprint density at radius 3 is 1.79 bits per heavy atom. The van der Waals surface area contributed by atoms with Gasteiger partial charge in [0.05, 0.1) is 14.2 Å². The number of halogens is 1. The van der Waals surface area contributed by atoms with Crippen molar-refractivity contribution in [3.05, 3.63) is 23.8 Å². The number of esters is 4. The third kappa shape index (κ3) is 9.38. The average molecular weight is 664 g/mol. The van der Waals surface area contributed by atoms with Crippen LogP contribution in [0.5, 0.6) is 17.2 Å². The Hall–Kier alpha value is -3.40. The number of benzene rings is 1. The van der Waals surface area contributed by atoms with Crippen LogP contribution in [0, 0.1) is 0 Å². The highest BCUT2D eigenvalue weighted by Gasteiger charge is 2.53. The van der Waals surface area contributed by atoms with Crippen LogP contribution in [0.1, 0.15) is 33.3 Å². The van der Waals surface area contributed by atoms with E-state index in [1.807, 2.05) is 0 Å². The van der Waals surface area contributed by atoms with Crippen LogP contribution < -0.4 is 14.2 Å². The Balaban J connectivity index is 2.62. The molecular weight excluding hydrogens is 635 g/mol. The molecule has 5 atom stereocenters. The average Bonchev–Trinajstić information content (AvgIpc) is 2.84. The topological polar surface area (TPSA) is 159 Å². The third-order valence-corrected chi connectivity index (χ3v) is 5.43. The number of hydrogen-bond donors (Lipinski definition) is 0. The van der Waals surface area contributed by atoms with Gasteiger partial charge in [-0.25, -0.2) is 0 Å². The molecule has 0 saturated carbocycles. The van der Waals surface area contributed by atoms with Gasteiger partial charge in [-0.15, -0.1) is 0 Å². The zero-order valence-electron chi connectivity index (χ0n) is 22.1. The van der Waals surface area contributed by atoms with Crippen LogP contribution in [0.15, 0.2) is 18.2 Å². The second kappa shape index (κ2) is 14.7. The van der Waals surface area contributed by atoms with Crippen molar-refractivity contribution < 1.29 is 61.9 Å². The van der Waals surface area contributed by atoms with Crippen molar-refractivity contribution in [1.82, 2.24) is 0 Å². The van der Waals surface area contributed by atoms with Gasteiger partial charge in [0.15, 0.2) is 23.7 Å². The Bertz CT molecular complexity index is 1090. The molecule has 1 aliphatic rings. The van der Waals surface area contributed by atoms with E-state index in [-0.39, 0.29) is 21.0 Å². The van der Waals surface area contributed by atoms with Crippen molar-refractivity contribution in [2.75, 3.05) is 20.8 Å². The number of ether oxygens (including phenoxy) is 8. The summed E-state index contributed by atoms with van der Waals surface area (Å²) in [6.07, 6.45) is -4.01. The van der Waals surface area contributed by atoms with Crippen molar-refractivity contribution in [1.29, 1.82) is 0 Å². The maximum Gasteiger partial charge on any atom is 0.303 e. The molecule has 14 heteroatoms. The fourth-order valence-corrected chi connectivity index (χ4v) is 3.85. The van der Waals surface area contributed by atoms with E-state index in [1.165, 1.54) is 33.3 Å². The maximum absolute atomic E-state index is 12.0. The van der Waals surface area contributed by atoms with Gasteiger partial charge in [0.2, 0.25) is 21.9 Å². The molecule has 1 saturated heterocycles. The van der Waals surface area contributed by atoms with Crippen LogP contribution in [-0.2, 0) is 47.7 Å². The summed E-state index contributed by atoms with van der Waals surface area (Å²) in [5.74, 6) is -2.65. The number of rotatable bonds is 11. The smallest absolute Gasteiger partial charge is 0.303 e.